The van der Waals surface area contributed by atoms with Crippen molar-refractivity contribution in [2.45, 2.75) is 32.6 Å². The Kier molecular flexibility index (Phi) is 6.16. The largest absolute Gasteiger partial charge is 0.351 e. The van der Waals surface area contributed by atoms with Crippen molar-refractivity contribution in [1.82, 2.24) is 5.32 Å². The van der Waals surface area contributed by atoms with E-state index < -0.39 is 0 Å². The molecule has 0 radical (unpaired) electrons. The van der Waals surface area contributed by atoms with Gasteiger partial charge in [0, 0.05) is 16.6 Å². The molecule has 18 heavy (non-hydrogen) atoms. The van der Waals surface area contributed by atoms with Crippen molar-refractivity contribution in [2.24, 2.45) is 5.92 Å². The van der Waals surface area contributed by atoms with E-state index in [1.165, 1.54) is 0 Å². The minimum atomic E-state index is -0.0665. The van der Waals surface area contributed by atoms with Crippen LogP contribution < -0.4 is 5.32 Å². The first kappa shape index (κ1) is 15.5. The first-order valence-corrected chi connectivity index (χ1v) is 7.31. The second-order valence-electron chi connectivity index (χ2n) is 4.90. The number of amides is 1. The molecule has 1 aromatic rings. The van der Waals surface area contributed by atoms with E-state index in [-0.39, 0.29) is 11.3 Å². The van der Waals surface area contributed by atoms with Crippen LogP contribution in [0.3, 0.4) is 0 Å². The summed E-state index contributed by atoms with van der Waals surface area (Å²) in [6, 6.07) is 5.68. The molecule has 0 aromatic heterocycles. The van der Waals surface area contributed by atoms with Crippen molar-refractivity contribution in [3.8, 4) is 0 Å². The van der Waals surface area contributed by atoms with Crippen LogP contribution in [0.2, 0.25) is 0 Å². The Morgan fingerprint density at radius 2 is 2.11 bits per heavy atom. The Labute approximate surface area is 122 Å². The third-order valence-corrected chi connectivity index (χ3v) is 3.48. The molecule has 2 nitrogen and oxygen atoms in total. The van der Waals surface area contributed by atoms with Crippen LogP contribution in [-0.4, -0.2) is 17.8 Å². The van der Waals surface area contributed by atoms with Gasteiger partial charge in [-0.3, -0.25) is 4.79 Å². The number of halogens is 2. The third-order valence-electron chi connectivity index (χ3n) is 2.66. The average molecular weight is 333 g/mol. The molecule has 0 aliphatic carbocycles. The van der Waals surface area contributed by atoms with Gasteiger partial charge in [-0.05, 0) is 37.0 Å². The van der Waals surface area contributed by atoms with Gasteiger partial charge in [-0.25, -0.2) is 0 Å². The van der Waals surface area contributed by atoms with Gasteiger partial charge >= 0.3 is 0 Å². The van der Waals surface area contributed by atoms with Gasteiger partial charge < -0.3 is 5.32 Å². The zero-order chi connectivity index (χ0) is 13.7. The summed E-state index contributed by atoms with van der Waals surface area (Å²) in [5.41, 5.74) is 1.66. The van der Waals surface area contributed by atoms with Crippen LogP contribution in [0, 0.1) is 12.8 Å². The summed E-state index contributed by atoms with van der Waals surface area (Å²) in [5, 5.41) is 2.87. The third kappa shape index (κ3) is 4.99. The van der Waals surface area contributed by atoms with Crippen LogP contribution in [-0.2, 0) is 0 Å². The van der Waals surface area contributed by atoms with E-state index in [0.29, 0.717) is 18.0 Å². The molecular weight excluding hydrogens is 314 g/mol. The lowest BCUT2D eigenvalue weighted by Gasteiger charge is -2.13. The van der Waals surface area contributed by atoms with E-state index in [2.05, 4.69) is 35.1 Å². The van der Waals surface area contributed by atoms with Gasteiger partial charge in [0.25, 0.3) is 5.91 Å². The van der Waals surface area contributed by atoms with E-state index in [9.17, 15) is 4.79 Å². The summed E-state index contributed by atoms with van der Waals surface area (Å²) in [7, 11) is 0. The van der Waals surface area contributed by atoms with Crippen molar-refractivity contribution >= 4 is 33.4 Å². The van der Waals surface area contributed by atoms with E-state index in [1.54, 1.807) is 0 Å². The minimum absolute atomic E-state index is 0.0126. The zero-order valence-electron chi connectivity index (χ0n) is 11.0. The highest BCUT2D eigenvalue weighted by atomic mass is 79.9. The van der Waals surface area contributed by atoms with Crippen LogP contribution >= 0.6 is 27.5 Å². The molecule has 1 aromatic carbocycles. The minimum Gasteiger partial charge on any atom is -0.351 e. The van der Waals surface area contributed by atoms with E-state index in [0.717, 1.165) is 16.5 Å². The van der Waals surface area contributed by atoms with Gasteiger partial charge in [-0.2, -0.15) is 0 Å². The van der Waals surface area contributed by atoms with E-state index in [4.69, 9.17) is 11.6 Å². The van der Waals surface area contributed by atoms with E-state index >= 15 is 0 Å². The molecule has 0 spiro atoms. The molecule has 4 heteroatoms. The molecule has 0 aliphatic rings. The molecule has 0 saturated carbocycles. The van der Waals surface area contributed by atoms with Gasteiger partial charge in [0.1, 0.15) is 0 Å². The number of alkyl halides is 1. The quantitative estimate of drug-likeness (QED) is 0.807. The number of hydrogen-bond donors (Lipinski definition) is 1. The summed E-state index contributed by atoms with van der Waals surface area (Å²) in [5.74, 6) is 0.472. The van der Waals surface area contributed by atoms with Gasteiger partial charge in [0.2, 0.25) is 0 Å². The Morgan fingerprint density at radius 3 is 2.72 bits per heavy atom. The van der Waals surface area contributed by atoms with Crippen LogP contribution in [0.4, 0.5) is 0 Å². The number of nitrogens with one attached hydrogen (secondary N) is 1. The molecule has 1 N–H and O–H groups in total. The number of hydrogen-bond acceptors (Lipinski definition) is 1. The molecule has 0 bridgehead atoms. The molecule has 1 atom stereocenters. The maximum Gasteiger partial charge on any atom is 0.251 e. The Hall–Kier alpha value is -0.540. The standard InChI is InChI=1S/C14H19BrClNO/c1-9(2)6-12(16)8-17-14(18)13-7-11(15)5-4-10(13)3/h4-5,7,9,12H,6,8H2,1-3H3,(H,17,18). The zero-order valence-corrected chi connectivity index (χ0v) is 13.3. The number of benzene rings is 1. The number of carbonyl (C=O) groups excluding carboxylic acids is 1. The van der Waals surface area contributed by atoms with Crippen LogP contribution in [0.5, 0.6) is 0 Å². The van der Waals surface area contributed by atoms with Crippen molar-refractivity contribution in [2.75, 3.05) is 6.54 Å². The second-order valence-corrected chi connectivity index (χ2v) is 6.43. The second kappa shape index (κ2) is 7.15. The Balaban J connectivity index is 2.58. The normalized spacial score (nSPS) is 12.6. The SMILES string of the molecule is Cc1ccc(Br)cc1C(=O)NCC(Cl)CC(C)C. The van der Waals surface area contributed by atoms with Gasteiger partial charge in [-0.15, -0.1) is 11.6 Å². The average Bonchev–Trinajstić information content (AvgIpc) is 2.28. The molecule has 1 rings (SSSR count). The summed E-state index contributed by atoms with van der Waals surface area (Å²) < 4.78 is 0.905. The Morgan fingerprint density at radius 1 is 1.44 bits per heavy atom. The summed E-state index contributed by atoms with van der Waals surface area (Å²) in [4.78, 5) is 12.0. The molecule has 0 fully saturated rings. The summed E-state index contributed by atoms with van der Waals surface area (Å²) in [6.07, 6.45) is 0.902. The summed E-state index contributed by atoms with van der Waals surface area (Å²) >= 11 is 9.53. The van der Waals surface area contributed by atoms with Gasteiger partial charge in [0.05, 0.1) is 5.38 Å². The lowest BCUT2D eigenvalue weighted by molar-refractivity contribution is 0.0952. The molecule has 0 aliphatic heterocycles. The maximum atomic E-state index is 12.0. The number of rotatable bonds is 5. The highest BCUT2D eigenvalue weighted by molar-refractivity contribution is 9.10. The van der Waals surface area contributed by atoms with E-state index in [1.807, 2.05) is 25.1 Å². The lowest BCUT2D eigenvalue weighted by Crippen LogP contribution is -2.30. The molecule has 0 saturated heterocycles. The first-order chi connectivity index (χ1) is 8.40. The molecular formula is C14H19BrClNO. The van der Waals surface area contributed by atoms with Crippen molar-refractivity contribution in [1.29, 1.82) is 0 Å². The van der Waals surface area contributed by atoms with Gasteiger partial charge in [0.15, 0.2) is 0 Å². The Bertz CT molecular complexity index is 420. The highest BCUT2D eigenvalue weighted by Gasteiger charge is 2.12. The molecule has 100 valence electrons. The fraction of sp³-hybridized carbons (Fsp3) is 0.500. The fourth-order valence-corrected chi connectivity index (χ4v) is 2.53. The van der Waals surface area contributed by atoms with Crippen LogP contribution in [0.1, 0.15) is 36.2 Å². The predicted octanol–water partition coefficient (Wildman–Crippen LogP) is 4.14. The smallest absolute Gasteiger partial charge is 0.251 e. The monoisotopic (exact) mass is 331 g/mol. The van der Waals surface area contributed by atoms with Crippen molar-refractivity contribution in [3.63, 3.8) is 0 Å². The fourth-order valence-electron chi connectivity index (χ4n) is 1.73. The first-order valence-electron chi connectivity index (χ1n) is 6.08. The maximum absolute atomic E-state index is 12.0. The molecule has 1 unspecified atom stereocenters. The topological polar surface area (TPSA) is 29.1 Å². The van der Waals surface area contributed by atoms with Crippen LogP contribution in [0.25, 0.3) is 0 Å². The van der Waals surface area contributed by atoms with Crippen molar-refractivity contribution in [3.05, 3.63) is 33.8 Å². The summed E-state index contributed by atoms with van der Waals surface area (Å²) in [6.45, 7) is 6.67. The van der Waals surface area contributed by atoms with Gasteiger partial charge in [-0.1, -0.05) is 35.8 Å². The lowest BCUT2D eigenvalue weighted by atomic mass is 10.1. The number of aryl methyl sites for hydroxylation is 1. The van der Waals surface area contributed by atoms with Crippen LogP contribution in [0.15, 0.2) is 22.7 Å². The number of carbonyl (C=O) groups is 1. The molecule has 1 amide bonds. The predicted molar refractivity (Wildman–Crippen MR) is 80.3 cm³/mol. The molecule has 0 heterocycles. The van der Waals surface area contributed by atoms with Crippen molar-refractivity contribution < 1.29 is 4.79 Å². The highest BCUT2D eigenvalue weighted by Crippen LogP contribution is 2.16.